The SMILES string of the molecule is COC(=O)C(C)(N)CN1CCc2ccc(F)cc21. The number of anilines is 1. The zero-order valence-electron chi connectivity index (χ0n) is 10.6. The molecule has 0 fully saturated rings. The van der Waals surface area contributed by atoms with Crippen molar-refractivity contribution < 1.29 is 13.9 Å². The van der Waals surface area contributed by atoms with Gasteiger partial charge in [0.2, 0.25) is 0 Å². The van der Waals surface area contributed by atoms with Gasteiger partial charge in [-0.3, -0.25) is 4.79 Å². The zero-order chi connectivity index (χ0) is 13.3. The second kappa shape index (κ2) is 4.57. The van der Waals surface area contributed by atoms with Crippen LogP contribution in [0.15, 0.2) is 18.2 Å². The zero-order valence-corrected chi connectivity index (χ0v) is 10.6. The number of carbonyl (C=O) groups excluding carboxylic acids is 1. The van der Waals surface area contributed by atoms with Crippen molar-refractivity contribution in [2.24, 2.45) is 5.73 Å². The Hall–Kier alpha value is -1.62. The predicted molar refractivity (Wildman–Crippen MR) is 66.9 cm³/mol. The number of methoxy groups -OCH3 is 1. The lowest BCUT2D eigenvalue weighted by Crippen LogP contribution is -2.54. The highest BCUT2D eigenvalue weighted by Gasteiger charge is 2.34. The summed E-state index contributed by atoms with van der Waals surface area (Å²) < 4.78 is 17.9. The molecule has 2 rings (SSSR count). The molecule has 0 aromatic heterocycles. The third-order valence-electron chi connectivity index (χ3n) is 3.21. The number of esters is 1. The summed E-state index contributed by atoms with van der Waals surface area (Å²) >= 11 is 0. The van der Waals surface area contributed by atoms with E-state index in [4.69, 9.17) is 5.73 Å². The number of hydrogen-bond donors (Lipinski definition) is 1. The smallest absolute Gasteiger partial charge is 0.327 e. The van der Waals surface area contributed by atoms with E-state index >= 15 is 0 Å². The summed E-state index contributed by atoms with van der Waals surface area (Å²) in [6.07, 6.45) is 0.840. The second-order valence-electron chi connectivity index (χ2n) is 4.85. The van der Waals surface area contributed by atoms with E-state index < -0.39 is 11.5 Å². The number of hydrogen-bond acceptors (Lipinski definition) is 4. The molecule has 0 amide bonds. The van der Waals surface area contributed by atoms with Crippen molar-refractivity contribution in [3.63, 3.8) is 0 Å². The van der Waals surface area contributed by atoms with E-state index in [-0.39, 0.29) is 5.82 Å². The third-order valence-corrected chi connectivity index (χ3v) is 3.21. The van der Waals surface area contributed by atoms with Crippen LogP contribution in [0.1, 0.15) is 12.5 Å². The molecule has 2 N–H and O–H groups in total. The lowest BCUT2D eigenvalue weighted by Gasteiger charge is -2.29. The van der Waals surface area contributed by atoms with Gasteiger partial charge in [0.05, 0.1) is 7.11 Å². The maximum atomic E-state index is 13.2. The van der Waals surface area contributed by atoms with Crippen LogP contribution in [-0.2, 0) is 16.0 Å². The number of ether oxygens (including phenoxy) is 1. The molecule has 0 bridgehead atoms. The van der Waals surface area contributed by atoms with Crippen molar-refractivity contribution >= 4 is 11.7 Å². The van der Waals surface area contributed by atoms with E-state index in [2.05, 4.69) is 4.74 Å². The Kier molecular flexibility index (Phi) is 3.26. The van der Waals surface area contributed by atoms with E-state index in [0.717, 1.165) is 24.2 Å². The van der Waals surface area contributed by atoms with Gasteiger partial charge < -0.3 is 15.4 Å². The highest BCUT2D eigenvalue weighted by atomic mass is 19.1. The quantitative estimate of drug-likeness (QED) is 0.818. The van der Waals surface area contributed by atoms with Crippen LogP contribution in [0.3, 0.4) is 0 Å². The molecule has 1 aromatic rings. The fraction of sp³-hybridized carbons (Fsp3) is 0.462. The van der Waals surface area contributed by atoms with Gasteiger partial charge in [0.25, 0.3) is 0 Å². The molecule has 1 heterocycles. The highest BCUT2D eigenvalue weighted by molar-refractivity contribution is 5.81. The normalized spacial score (nSPS) is 17.2. The molecule has 1 aliphatic rings. The van der Waals surface area contributed by atoms with Crippen molar-refractivity contribution in [2.45, 2.75) is 18.9 Å². The molecule has 1 atom stereocenters. The van der Waals surface area contributed by atoms with E-state index in [0.29, 0.717) is 6.54 Å². The second-order valence-corrected chi connectivity index (χ2v) is 4.85. The van der Waals surface area contributed by atoms with Crippen LogP contribution in [-0.4, -0.2) is 31.7 Å². The third kappa shape index (κ3) is 2.31. The van der Waals surface area contributed by atoms with Gasteiger partial charge in [0, 0.05) is 18.8 Å². The minimum absolute atomic E-state index is 0.280. The molecule has 0 spiro atoms. The summed E-state index contributed by atoms with van der Waals surface area (Å²) in [4.78, 5) is 13.5. The van der Waals surface area contributed by atoms with Crippen LogP contribution >= 0.6 is 0 Å². The van der Waals surface area contributed by atoms with Gasteiger partial charge in [-0.15, -0.1) is 0 Å². The average Bonchev–Trinajstić information content (AvgIpc) is 2.70. The van der Waals surface area contributed by atoms with Crippen molar-refractivity contribution in [3.8, 4) is 0 Å². The van der Waals surface area contributed by atoms with Crippen LogP contribution in [0.25, 0.3) is 0 Å². The highest BCUT2D eigenvalue weighted by Crippen LogP contribution is 2.29. The Morgan fingerprint density at radius 2 is 2.33 bits per heavy atom. The number of carbonyl (C=O) groups is 1. The largest absolute Gasteiger partial charge is 0.468 e. The van der Waals surface area contributed by atoms with E-state index in [1.165, 1.54) is 19.2 Å². The Morgan fingerprint density at radius 1 is 1.61 bits per heavy atom. The molecule has 0 saturated carbocycles. The Bertz CT molecular complexity index is 474. The number of nitrogens with two attached hydrogens (primary N) is 1. The first-order valence-electron chi connectivity index (χ1n) is 5.85. The van der Waals surface area contributed by atoms with Gasteiger partial charge in [0.1, 0.15) is 11.4 Å². The van der Waals surface area contributed by atoms with Crippen molar-refractivity contribution in [1.29, 1.82) is 0 Å². The predicted octanol–water partition coefficient (Wildman–Crippen LogP) is 1.08. The minimum atomic E-state index is -1.09. The summed E-state index contributed by atoms with van der Waals surface area (Å²) in [6, 6.07) is 4.71. The van der Waals surface area contributed by atoms with E-state index in [9.17, 15) is 9.18 Å². The lowest BCUT2D eigenvalue weighted by atomic mass is 10.0. The Labute approximate surface area is 106 Å². The summed E-state index contributed by atoms with van der Waals surface area (Å²) in [7, 11) is 1.31. The van der Waals surface area contributed by atoms with Gasteiger partial charge in [-0.2, -0.15) is 0 Å². The van der Waals surface area contributed by atoms with Gasteiger partial charge in [-0.05, 0) is 31.0 Å². The number of rotatable bonds is 3. The molecule has 1 aliphatic heterocycles. The number of nitrogens with zero attached hydrogens (tertiary/aromatic N) is 1. The van der Waals surface area contributed by atoms with Crippen LogP contribution in [0.2, 0.25) is 0 Å². The molecule has 1 unspecified atom stereocenters. The Balaban J connectivity index is 2.19. The lowest BCUT2D eigenvalue weighted by molar-refractivity contribution is -0.146. The molecule has 5 heteroatoms. The van der Waals surface area contributed by atoms with Gasteiger partial charge >= 0.3 is 5.97 Å². The molecule has 0 radical (unpaired) electrons. The fourth-order valence-electron chi connectivity index (χ4n) is 2.28. The fourth-order valence-corrected chi connectivity index (χ4v) is 2.28. The topological polar surface area (TPSA) is 55.6 Å². The molecular weight excluding hydrogens is 235 g/mol. The molecule has 0 saturated heterocycles. The van der Waals surface area contributed by atoms with Gasteiger partial charge in [0.15, 0.2) is 0 Å². The van der Waals surface area contributed by atoms with Gasteiger partial charge in [-0.25, -0.2) is 4.39 Å². The average molecular weight is 252 g/mol. The minimum Gasteiger partial charge on any atom is -0.468 e. The molecule has 18 heavy (non-hydrogen) atoms. The summed E-state index contributed by atoms with van der Waals surface area (Å²) in [5, 5.41) is 0. The van der Waals surface area contributed by atoms with E-state index in [1.54, 1.807) is 13.0 Å². The van der Waals surface area contributed by atoms with Crippen molar-refractivity contribution in [3.05, 3.63) is 29.6 Å². The van der Waals surface area contributed by atoms with Crippen LogP contribution in [0.5, 0.6) is 0 Å². The maximum Gasteiger partial charge on any atom is 0.327 e. The first-order valence-corrected chi connectivity index (χ1v) is 5.85. The monoisotopic (exact) mass is 252 g/mol. The van der Waals surface area contributed by atoms with Crippen molar-refractivity contribution in [2.75, 3.05) is 25.1 Å². The number of fused-ring (bicyclic) bond motifs is 1. The Morgan fingerprint density at radius 3 is 3.00 bits per heavy atom. The standard InChI is InChI=1S/C13H17FN2O2/c1-13(15,12(17)18-2)8-16-6-5-9-3-4-10(14)7-11(9)16/h3-4,7H,5-6,8,15H2,1-2H3. The molecule has 0 aliphatic carbocycles. The van der Waals surface area contributed by atoms with Crippen LogP contribution in [0, 0.1) is 5.82 Å². The van der Waals surface area contributed by atoms with Gasteiger partial charge in [-0.1, -0.05) is 6.07 Å². The number of benzene rings is 1. The number of halogens is 1. The summed E-state index contributed by atoms with van der Waals surface area (Å²) in [5.74, 6) is -0.746. The van der Waals surface area contributed by atoms with E-state index in [1.807, 2.05) is 4.90 Å². The van der Waals surface area contributed by atoms with Crippen molar-refractivity contribution in [1.82, 2.24) is 0 Å². The summed E-state index contributed by atoms with van der Waals surface area (Å²) in [5.41, 5.74) is 6.74. The first-order chi connectivity index (χ1) is 8.44. The molecule has 98 valence electrons. The van der Waals surface area contributed by atoms with Crippen LogP contribution < -0.4 is 10.6 Å². The molecule has 4 nitrogen and oxygen atoms in total. The van der Waals surface area contributed by atoms with Crippen LogP contribution in [0.4, 0.5) is 10.1 Å². The molecular formula is C13H17FN2O2. The first kappa shape index (κ1) is 12.8. The maximum absolute atomic E-state index is 13.2. The summed E-state index contributed by atoms with van der Waals surface area (Å²) in [6.45, 7) is 2.68. The molecule has 1 aromatic carbocycles.